The lowest BCUT2D eigenvalue weighted by Crippen LogP contribution is -1.97. The molecule has 0 unspecified atom stereocenters. The first-order valence-electron chi connectivity index (χ1n) is 6.55. The lowest BCUT2D eigenvalue weighted by atomic mass is 10.1. The van der Waals surface area contributed by atoms with Gasteiger partial charge >= 0.3 is 0 Å². The number of nitrogens with zero attached hydrogens (tertiary/aromatic N) is 3. The second kappa shape index (κ2) is 5.37. The summed E-state index contributed by atoms with van der Waals surface area (Å²) in [6.45, 7) is 3.62. The van der Waals surface area contributed by atoms with Gasteiger partial charge in [-0.15, -0.1) is 10.2 Å². The smallest absolute Gasteiger partial charge is 0.196 e. The number of aryl methyl sites for hydroxylation is 1. The van der Waals surface area contributed by atoms with Crippen LogP contribution in [-0.2, 0) is 4.79 Å². The minimum Gasteiger partial charge on any atom is -0.497 e. The fourth-order valence-corrected chi connectivity index (χ4v) is 3.04. The number of Topliss-reactive ketones (excluding diaryl/α,β-unsaturated/α-hetero) is 1. The molecule has 21 heavy (non-hydrogen) atoms. The lowest BCUT2D eigenvalue weighted by molar-refractivity contribution is -0.114. The van der Waals surface area contributed by atoms with Crippen molar-refractivity contribution in [3.8, 4) is 5.75 Å². The summed E-state index contributed by atoms with van der Waals surface area (Å²) in [4.78, 5) is 11.2. The number of rotatable bonds is 4. The van der Waals surface area contributed by atoms with E-state index in [4.69, 9.17) is 4.74 Å². The minimum atomic E-state index is 0.116. The van der Waals surface area contributed by atoms with Crippen LogP contribution in [0.5, 0.6) is 5.75 Å². The molecule has 0 aliphatic rings. The van der Waals surface area contributed by atoms with Crippen molar-refractivity contribution in [3.05, 3.63) is 29.8 Å². The minimum absolute atomic E-state index is 0.116. The molecule has 0 spiro atoms. The fraction of sp³-hybridized carbons (Fsp3) is 0.267. The molecule has 0 amide bonds. The van der Waals surface area contributed by atoms with Crippen molar-refractivity contribution in [2.24, 2.45) is 0 Å². The molecule has 0 atom stereocenters. The van der Waals surface area contributed by atoms with E-state index in [0.717, 1.165) is 33.0 Å². The maximum absolute atomic E-state index is 11.2. The molecule has 5 nitrogen and oxygen atoms in total. The molecule has 0 aliphatic heterocycles. The zero-order valence-electron chi connectivity index (χ0n) is 12.1. The largest absolute Gasteiger partial charge is 0.497 e. The van der Waals surface area contributed by atoms with Crippen molar-refractivity contribution >= 4 is 34.1 Å². The van der Waals surface area contributed by atoms with Crippen LogP contribution in [0.1, 0.15) is 12.5 Å². The Morgan fingerprint density at radius 1 is 1.33 bits per heavy atom. The number of carbonyl (C=O) groups excluding carboxylic acids is 1. The summed E-state index contributed by atoms with van der Waals surface area (Å²) in [5.74, 6) is 1.29. The second-order valence-electron chi connectivity index (χ2n) is 4.88. The van der Waals surface area contributed by atoms with E-state index in [9.17, 15) is 4.79 Å². The summed E-state index contributed by atoms with van der Waals surface area (Å²) < 4.78 is 7.28. The van der Waals surface area contributed by atoms with Gasteiger partial charge in [0, 0.05) is 11.5 Å². The molecule has 3 aromatic rings. The molecule has 0 saturated carbocycles. The van der Waals surface area contributed by atoms with Gasteiger partial charge in [-0.2, -0.15) is 0 Å². The molecule has 0 N–H and O–H groups in total. The average molecular weight is 301 g/mol. The number of benzene rings is 1. The summed E-state index contributed by atoms with van der Waals surface area (Å²) in [5, 5.41) is 10.2. The van der Waals surface area contributed by atoms with Crippen molar-refractivity contribution in [1.29, 1.82) is 0 Å². The summed E-state index contributed by atoms with van der Waals surface area (Å²) in [5.41, 5.74) is 2.90. The summed E-state index contributed by atoms with van der Waals surface area (Å²) in [6, 6.07) is 7.94. The molecule has 0 aliphatic carbocycles. The van der Waals surface area contributed by atoms with Crippen LogP contribution >= 0.6 is 11.8 Å². The molecule has 3 rings (SSSR count). The predicted molar refractivity (Wildman–Crippen MR) is 83.2 cm³/mol. The third-order valence-electron chi connectivity index (χ3n) is 3.28. The van der Waals surface area contributed by atoms with Crippen LogP contribution in [0, 0.1) is 6.92 Å². The van der Waals surface area contributed by atoms with Gasteiger partial charge in [-0.3, -0.25) is 9.20 Å². The SMILES string of the molecule is COc1ccc2c(C)cc3nnc(SCC(C)=O)n3c2c1. The van der Waals surface area contributed by atoms with E-state index in [-0.39, 0.29) is 5.78 Å². The monoisotopic (exact) mass is 301 g/mol. The highest BCUT2D eigenvalue weighted by molar-refractivity contribution is 7.99. The van der Waals surface area contributed by atoms with Crippen LogP contribution in [0.3, 0.4) is 0 Å². The summed E-state index contributed by atoms with van der Waals surface area (Å²) >= 11 is 1.40. The molecule has 1 aromatic carbocycles. The molecule has 2 heterocycles. The van der Waals surface area contributed by atoms with Gasteiger partial charge in [0.05, 0.1) is 18.4 Å². The Hall–Kier alpha value is -2.08. The summed E-state index contributed by atoms with van der Waals surface area (Å²) in [7, 11) is 1.64. The molecule has 0 bridgehead atoms. The van der Waals surface area contributed by atoms with Gasteiger partial charge in [0.1, 0.15) is 11.5 Å². The average Bonchev–Trinajstić information content (AvgIpc) is 2.87. The van der Waals surface area contributed by atoms with Gasteiger partial charge in [0.2, 0.25) is 0 Å². The number of thioether (sulfide) groups is 1. The number of fused-ring (bicyclic) bond motifs is 3. The number of carbonyl (C=O) groups is 1. The maximum Gasteiger partial charge on any atom is 0.196 e. The van der Waals surface area contributed by atoms with E-state index in [1.165, 1.54) is 11.8 Å². The van der Waals surface area contributed by atoms with E-state index in [1.807, 2.05) is 35.6 Å². The zero-order valence-corrected chi connectivity index (χ0v) is 12.9. The third-order valence-corrected chi connectivity index (χ3v) is 4.35. The molecule has 2 aromatic heterocycles. The first kappa shape index (κ1) is 13.9. The molecular weight excluding hydrogens is 286 g/mol. The van der Waals surface area contributed by atoms with Gasteiger partial charge in [-0.05, 0) is 37.6 Å². The first-order valence-corrected chi connectivity index (χ1v) is 7.53. The van der Waals surface area contributed by atoms with Crippen LogP contribution in [0.25, 0.3) is 16.6 Å². The van der Waals surface area contributed by atoms with Crippen LogP contribution in [0.15, 0.2) is 29.4 Å². The molecular formula is C15H15N3O2S. The predicted octanol–water partition coefficient (Wildman–Crippen LogP) is 2.88. The van der Waals surface area contributed by atoms with Gasteiger partial charge in [-0.25, -0.2) is 0 Å². The zero-order chi connectivity index (χ0) is 15.0. The Bertz CT molecular complexity index is 842. The molecule has 0 fully saturated rings. The van der Waals surface area contributed by atoms with Crippen LogP contribution in [0.4, 0.5) is 0 Å². The number of methoxy groups -OCH3 is 1. The third kappa shape index (κ3) is 2.47. The van der Waals surface area contributed by atoms with E-state index in [2.05, 4.69) is 10.2 Å². The van der Waals surface area contributed by atoms with Crippen molar-refractivity contribution in [3.63, 3.8) is 0 Å². The number of ether oxygens (including phenoxy) is 1. The fourth-order valence-electron chi connectivity index (χ4n) is 2.29. The van der Waals surface area contributed by atoms with Crippen molar-refractivity contribution in [2.45, 2.75) is 19.0 Å². The van der Waals surface area contributed by atoms with Crippen LogP contribution < -0.4 is 4.74 Å². The Morgan fingerprint density at radius 2 is 2.14 bits per heavy atom. The Morgan fingerprint density at radius 3 is 2.86 bits per heavy atom. The van der Waals surface area contributed by atoms with Crippen molar-refractivity contribution in [1.82, 2.24) is 14.6 Å². The Balaban J connectivity index is 2.27. The standard InChI is InChI=1S/C15H15N3O2S/c1-9-6-14-16-17-15(21-8-10(2)19)18(14)13-7-11(20-3)4-5-12(9)13/h4-7H,8H2,1-3H3. The molecule has 0 radical (unpaired) electrons. The Labute approximate surface area is 126 Å². The van der Waals surface area contributed by atoms with Crippen molar-refractivity contribution < 1.29 is 9.53 Å². The number of pyridine rings is 1. The van der Waals surface area contributed by atoms with E-state index in [1.54, 1.807) is 14.0 Å². The molecule has 0 saturated heterocycles. The Kier molecular flexibility index (Phi) is 3.55. The van der Waals surface area contributed by atoms with Crippen LogP contribution in [-0.4, -0.2) is 33.2 Å². The highest BCUT2D eigenvalue weighted by atomic mass is 32.2. The van der Waals surface area contributed by atoms with Crippen LogP contribution in [0.2, 0.25) is 0 Å². The first-order chi connectivity index (χ1) is 10.1. The number of aromatic nitrogens is 3. The van der Waals surface area contributed by atoms with Crippen molar-refractivity contribution in [2.75, 3.05) is 12.9 Å². The molecule has 6 heteroatoms. The molecule has 108 valence electrons. The lowest BCUT2D eigenvalue weighted by Gasteiger charge is -2.09. The van der Waals surface area contributed by atoms with E-state index >= 15 is 0 Å². The van der Waals surface area contributed by atoms with Gasteiger partial charge in [0.15, 0.2) is 10.8 Å². The highest BCUT2D eigenvalue weighted by Crippen LogP contribution is 2.28. The summed E-state index contributed by atoms with van der Waals surface area (Å²) in [6.07, 6.45) is 0. The highest BCUT2D eigenvalue weighted by Gasteiger charge is 2.12. The van der Waals surface area contributed by atoms with Gasteiger partial charge in [0.25, 0.3) is 0 Å². The van der Waals surface area contributed by atoms with E-state index in [0.29, 0.717) is 5.75 Å². The normalized spacial score (nSPS) is 11.2. The second-order valence-corrected chi connectivity index (χ2v) is 5.82. The number of hydrogen-bond acceptors (Lipinski definition) is 5. The van der Waals surface area contributed by atoms with Gasteiger partial charge in [-0.1, -0.05) is 11.8 Å². The number of hydrogen-bond donors (Lipinski definition) is 0. The van der Waals surface area contributed by atoms with E-state index < -0.39 is 0 Å². The number of ketones is 1. The topological polar surface area (TPSA) is 56.5 Å². The maximum atomic E-state index is 11.2. The van der Waals surface area contributed by atoms with Gasteiger partial charge < -0.3 is 4.74 Å². The quantitative estimate of drug-likeness (QED) is 0.694.